The Kier molecular flexibility index (Phi) is 4.88. The van der Waals surface area contributed by atoms with Crippen molar-refractivity contribution in [2.45, 2.75) is 45.1 Å². The molecule has 1 aliphatic carbocycles. The molecule has 0 saturated carbocycles. The van der Waals surface area contributed by atoms with E-state index in [9.17, 15) is 4.39 Å². The standard InChI is InChI=1S/C15H21FN2/c1-12(15-8-7-14(16)11-18-15)17-10-9-13-5-3-2-4-6-13/h5,7-8,11-12,17H,2-4,6,9-10H2,1H3. The zero-order chi connectivity index (χ0) is 12.8. The molecule has 0 aliphatic heterocycles. The van der Waals surface area contributed by atoms with Crippen LogP contribution in [-0.4, -0.2) is 11.5 Å². The first kappa shape index (κ1) is 13.2. The molecule has 0 amide bonds. The lowest BCUT2D eigenvalue weighted by Gasteiger charge is -2.16. The summed E-state index contributed by atoms with van der Waals surface area (Å²) in [7, 11) is 0. The zero-order valence-corrected chi connectivity index (χ0v) is 11.0. The van der Waals surface area contributed by atoms with E-state index >= 15 is 0 Å². The molecule has 0 radical (unpaired) electrons. The second-order valence-electron chi connectivity index (χ2n) is 4.94. The Morgan fingerprint density at radius 2 is 2.28 bits per heavy atom. The fraction of sp³-hybridized carbons (Fsp3) is 0.533. The second kappa shape index (κ2) is 6.64. The average Bonchev–Trinajstić information content (AvgIpc) is 2.40. The molecule has 1 aromatic rings. The lowest BCUT2D eigenvalue weighted by atomic mass is 9.97. The average molecular weight is 248 g/mol. The van der Waals surface area contributed by atoms with Crippen LogP contribution in [0.15, 0.2) is 30.0 Å². The second-order valence-corrected chi connectivity index (χ2v) is 4.94. The molecular weight excluding hydrogens is 227 g/mol. The van der Waals surface area contributed by atoms with Crippen LogP contribution in [0.25, 0.3) is 0 Å². The minimum Gasteiger partial charge on any atom is -0.309 e. The van der Waals surface area contributed by atoms with Crippen molar-refractivity contribution in [2.24, 2.45) is 0 Å². The first-order chi connectivity index (χ1) is 8.75. The monoisotopic (exact) mass is 248 g/mol. The van der Waals surface area contributed by atoms with Crippen molar-refractivity contribution in [3.05, 3.63) is 41.5 Å². The van der Waals surface area contributed by atoms with Crippen LogP contribution in [0.3, 0.4) is 0 Å². The Morgan fingerprint density at radius 3 is 2.94 bits per heavy atom. The van der Waals surface area contributed by atoms with E-state index < -0.39 is 0 Å². The molecule has 0 aromatic carbocycles. The first-order valence-corrected chi connectivity index (χ1v) is 6.78. The molecule has 98 valence electrons. The Hall–Kier alpha value is -1.22. The molecule has 0 fully saturated rings. The Morgan fingerprint density at radius 1 is 1.39 bits per heavy atom. The Balaban J connectivity index is 1.76. The van der Waals surface area contributed by atoms with E-state index in [4.69, 9.17) is 0 Å². The third-order valence-corrected chi connectivity index (χ3v) is 3.48. The Bertz CT molecular complexity index is 397. The molecule has 1 aliphatic rings. The van der Waals surface area contributed by atoms with Crippen molar-refractivity contribution in [3.8, 4) is 0 Å². The number of nitrogens with zero attached hydrogens (tertiary/aromatic N) is 1. The molecule has 2 nitrogen and oxygen atoms in total. The first-order valence-electron chi connectivity index (χ1n) is 6.78. The Labute approximate surface area is 108 Å². The van der Waals surface area contributed by atoms with Gasteiger partial charge < -0.3 is 5.32 Å². The van der Waals surface area contributed by atoms with Crippen LogP contribution in [-0.2, 0) is 0 Å². The molecule has 0 spiro atoms. The highest BCUT2D eigenvalue weighted by atomic mass is 19.1. The highest BCUT2D eigenvalue weighted by Gasteiger charge is 2.07. The smallest absolute Gasteiger partial charge is 0.141 e. The van der Waals surface area contributed by atoms with E-state index in [2.05, 4.69) is 23.3 Å². The normalized spacial score (nSPS) is 17.3. The summed E-state index contributed by atoms with van der Waals surface area (Å²) < 4.78 is 12.8. The summed E-state index contributed by atoms with van der Waals surface area (Å²) in [5.41, 5.74) is 2.47. The molecule has 1 atom stereocenters. The van der Waals surface area contributed by atoms with Gasteiger partial charge in [-0.15, -0.1) is 0 Å². The number of allylic oxidation sites excluding steroid dienone is 1. The molecule has 1 heterocycles. The number of pyridine rings is 1. The summed E-state index contributed by atoms with van der Waals surface area (Å²) in [4.78, 5) is 4.09. The van der Waals surface area contributed by atoms with Crippen LogP contribution in [0.5, 0.6) is 0 Å². The van der Waals surface area contributed by atoms with Gasteiger partial charge in [-0.1, -0.05) is 11.6 Å². The topological polar surface area (TPSA) is 24.9 Å². The van der Waals surface area contributed by atoms with Crippen molar-refractivity contribution in [2.75, 3.05) is 6.54 Å². The predicted molar refractivity (Wildman–Crippen MR) is 71.8 cm³/mol. The van der Waals surface area contributed by atoms with Crippen LogP contribution < -0.4 is 5.32 Å². The molecule has 0 bridgehead atoms. The summed E-state index contributed by atoms with van der Waals surface area (Å²) >= 11 is 0. The van der Waals surface area contributed by atoms with Crippen molar-refractivity contribution in [3.63, 3.8) is 0 Å². The van der Waals surface area contributed by atoms with Gasteiger partial charge in [0.25, 0.3) is 0 Å². The molecule has 3 heteroatoms. The van der Waals surface area contributed by atoms with Gasteiger partial charge in [0.15, 0.2) is 0 Å². The summed E-state index contributed by atoms with van der Waals surface area (Å²) in [6.45, 7) is 3.03. The van der Waals surface area contributed by atoms with Gasteiger partial charge in [0, 0.05) is 6.04 Å². The van der Waals surface area contributed by atoms with Gasteiger partial charge in [-0.3, -0.25) is 4.98 Å². The van der Waals surface area contributed by atoms with Crippen molar-refractivity contribution < 1.29 is 4.39 Å². The number of hydrogen-bond donors (Lipinski definition) is 1. The largest absolute Gasteiger partial charge is 0.309 e. The highest BCUT2D eigenvalue weighted by molar-refractivity contribution is 5.09. The van der Waals surface area contributed by atoms with Crippen LogP contribution in [0, 0.1) is 5.82 Å². The molecule has 1 unspecified atom stereocenters. The number of hydrogen-bond acceptors (Lipinski definition) is 2. The van der Waals surface area contributed by atoms with E-state index in [1.165, 1.54) is 37.9 Å². The van der Waals surface area contributed by atoms with Gasteiger partial charge in [-0.05, 0) is 57.7 Å². The fourth-order valence-corrected chi connectivity index (χ4v) is 2.33. The van der Waals surface area contributed by atoms with Crippen LogP contribution >= 0.6 is 0 Å². The fourth-order valence-electron chi connectivity index (χ4n) is 2.33. The SMILES string of the molecule is CC(NCCC1=CCCCC1)c1ccc(F)cn1. The van der Waals surface area contributed by atoms with Crippen LogP contribution in [0.1, 0.15) is 50.8 Å². The summed E-state index contributed by atoms with van der Waals surface area (Å²) in [5.74, 6) is -0.279. The van der Waals surface area contributed by atoms with Crippen LogP contribution in [0.4, 0.5) is 4.39 Å². The van der Waals surface area contributed by atoms with Gasteiger partial charge in [0.2, 0.25) is 0 Å². The quantitative estimate of drug-likeness (QED) is 0.802. The molecule has 1 N–H and O–H groups in total. The summed E-state index contributed by atoms with van der Waals surface area (Å²) in [6, 6.07) is 3.38. The van der Waals surface area contributed by atoms with Gasteiger partial charge >= 0.3 is 0 Å². The van der Waals surface area contributed by atoms with E-state index in [1.807, 2.05) is 0 Å². The van der Waals surface area contributed by atoms with E-state index in [-0.39, 0.29) is 11.9 Å². The van der Waals surface area contributed by atoms with E-state index in [1.54, 1.807) is 11.6 Å². The van der Waals surface area contributed by atoms with Crippen LogP contribution in [0.2, 0.25) is 0 Å². The maximum Gasteiger partial charge on any atom is 0.141 e. The van der Waals surface area contributed by atoms with Gasteiger partial charge in [0.05, 0.1) is 11.9 Å². The highest BCUT2D eigenvalue weighted by Crippen LogP contribution is 2.20. The van der Waals surface area contributed by atoms with Gasteiger partial charge in [-0.25, -0.2) is 4.39 Å². The summed E-state index contributed by atoms with van der Waals surface area (Å²) in [6.07, 6.45) is 9.94. The van der Waals surface area contributed by atoms with Gasteiger partial charge in [-0.2, -0.15) is 0 Å². The lowest BCUT2D eigenvalue weighted by Crippen LogP contribution is -2.21. The number of aromatic nitrogens is 1. The third-order valence-electron chi connectivity index (χ3n) is 3.48. The summed E-state index contributed by atoms with van der Waals surface area (Å²) in [5, 5.41) is 3.44. The number of rotatable bonds is 5. The van der Waals surface area contributed by atoms with E-state index in [0.717, 1.165) is 18.7 Å². The van der Waals surface area contributed by atoms with Gasteiger partial charge in [0.1, 0.15) is 5.82 Å². The van der Waals surface area contributed by atoms with Crippen molar-refractivity contribution in [1.29, 1.82) is 0 Å². The molecule has 18 heavy (non-hydrogen) atoms. The predicted octanol–water partition coefficient (Wildman–Crippen LogP) is 3.76. The number of halogens is 1. The third kappa shape index (κ3) is 3.91. The molecule has 1 aromatic heterocycles. The number of nitrogens with one attached hydrogen (secondary N) is 1. The van der Waals surface area contributed by atoms with Crippen molar-refractivity contribution >= 4 is 0 Å². The maximum atomic E-state index is 12.8. The lowest BCUT2D eigenvalue weighted by molar-refractivity contribution is 0.547. The molecular formula is C15H21FN2. The van der Waals surface area contributed by atoms with Crippen molar-refractivity contribution in [1.82, 2.24) is 10.3 Å². The minimum atomic E-state index is -0.279. The molecule has 0 saturated heterocycles. The van der Waals surface area contributed by atoms with E-state index in [0.29, 0.717) is 0 Å². The maximum absolute atomic E-state index is 12.8. The zero-order valence-electron chi connectivity index (χ0n) is 11.0. The minimum absolute atomic E-state index is 0.176. The molecule has 2 rings (SSSR count).